The van der Waals surface area contributed by atoms with Crippen LogP contribution < -0.4 is 0 Å². The van der Waals surface area contributed by atoms with Gasteiger partial charge in [-0.3, -0.25) is 4.68 Å². The Labute approximate surface area is 122 Å². The van der Waals surface area contributed by atoms with Crippen LogP contribution in [0.5, 0.6) is 0 Å². The van der Waals surface area contributed by atoms with Gasteiger partial charge in [-0.05, 0) is 19.3 Å². The molecular weight excluding hydrogens is 293 g/mol. The lowest BCUT2D eigenvalue weighted by Gasteiger charge is -2.09. The number of hydrogen-bond donors (Lipinski definition) is 0. The molecule has 0 saturated heterocycles. The van der Waals surface area contributed by atoms with Gasteiger partial charge in [0.15, 0.2) is 0 Å². The zero-order valence-electron chi connectivity index (χ0n) is 11.8. The molecule has 0 unspecified atom stereocenters. The molecule has 0 aliphatic carbocycles. The van der Waals surface area contributed by atoms with Gasteiger partial charge in [-0.25, -0.2) is 0 Å². The third-order valence-electron chi connectivity index (χ3n) is 2.98. The molecule has 1 aromatic rings. The van der Waals surface area contributed by atoms with Crippen molar-refractivity contribution in [1.29, 1.82) is 0 Å². The minimum Gasteiger partial charge on any atom is -0.372 e. The molecular formula is C13H20ClF3N2O. The monoisotopic (exact) mass is 312 g/mol. The second-order valence-electron chi connectivity index (χ2n) is 4.46. The van der Waals surface area contributed by atoms with Crippen molar-refractivity contribution >= 4 is 11.6 Å². The third-order valence-corrected chi connectivity index (χ3v) is 3.24. The normalized spacial score (nSPS) is 12.1. The summed E-state index contributed by atoms with van der Waals surface area (Å²) in [6.45, 7) is 3.45. The van der Waals surface area contributed by atoms with Crippen LogP contribution in [0.1, 0.15) is 37.2 Å². The van der Waals surface area contributed by atoms with Gasteiger partial charge in [0.05, 0.1) is 11.6 Å². The Balaban J connectivity index is 2.53. The Hall–Kier alpha value is -0.750. The molecule has 1 heterocycles. The fraction of sp³-hybridized carbons (Fsp3) is 0.769. The summed E-state index contributed by atoms with van der Waals surface area (Å²) in [5.74, 6) is 0.414. The topological polar surface area (TPSA) is 27.1 Å². The van der Waals surface area contributed by atoms with E-state index in [1.807, 2.05) is 18.5 Å². The predicted octanol–water partition coefficient (Wildman–Crippen LogP) is 3.72. The van der Waals surface area contributed by atoms with Gasteiger partial charge in [0.2, 0.25) is 0 Å². The van der Waals surface area contributed by atoms with Crippen molar-refractivity contribution in [3.8, 4) is 0 Å². The summed E-state index contributed by atoms with van der Waals surface area (Å²) < 4.78 is 42.2. The van der Waals surface area contributed by atoms with Crippen LogP contribution in [0.3, 0.4) is 0 Å². The highest BCUT2D eigenvalue weighted by Crippen LogP contribution is 2.19. The zero-order valence-corrected chi connectivity index (χ0v) is 12.5. The van der Waals surface area contributed by atoms with Crippen molar-refractivity contribution in [2.24, 2.45) is 0 Å². The highest BCUT2D eigenvalue weighted by Gasteiger charge is 2.27. The molecule has 20 heavy (non-hydrogen) atoms. The minimum absolute atomic E-state index is 0.0696. The average Bonchev–Trinajstić information content (AvgIpc) is 2.73. The maximum absolute atomic E-state index is 11.9. The summed E-state index contributed by atoms with van der Waals surface area (Å²) in [4.78, 5) is 0. The van der Waals surface area contributed by atoms with E-state index in [0.717, 1.165) is 29.8 Å². The molecule has 0 radical (unpaired) electrons. The van der Waals surface area contributed by atoms with Crippen LogP contribution in [0.25, 0.3) is 0 Å². The molecule has 116 valence electrons. The van der Waals surface area contributed by atoms with Crippen molar-refractivity contribution < 1.29 is 17.9 Å². The number of alkyl halides is 4. The van der Waals surface area contributed by atoms with E-state index in [9.17, 15) is 13.2 Å². The summed E-state index contributed by atoms with van der Waals surface area (Å²) in [6, 6.07) is 0. The first-order valence-corrected chi connectivity index (χ1v) is 7.24. The van der Waals surface area contributed by atoms with Crippen molar-refractivity contribution in [3.63, 3.8) is 0 Å². The fourth-order valence-electron chi connectivity index (χ4n) is 2.11. The minimum atomic E-state index is -4.26. The smallest absolute Gasteiger partial charge is 0.372 e. The fourth-order valence-corrected chi connectivity index (χ4v) is 2.42. The van der Waals surface area contributed by atoms with Crippen LogP contribution in [0.4, 0.5) is 13.2 Å². The van der Waals surface area contributed by atoms with Crippen LogP contribution in [-0.4, -0.2) is 29.2 Å². The van der Waals surface area contributed by atoms with E-state index in [0.29, 0.717) is 18.8 Å². The van der Waals surface area contributed by atoms with E-state index in [2.05, 4.69) is 9.84 Å². The molecule has 0 spiro atoms. The molecule has 3 nitrogen and oxygen atoms in total. The highest BCUT2D eigenvalue weighted by molar-refractivity contribution is 6.17. The Bertz CT molecular complexity index is 418. The number of ether oxygens (including phenoxy) is 1. The van der Waals surface area contributed by atoms with Crippen LogP contribution in [0.2, 0.25) is 0 Å². The second kappa shape index (κ2) is 7.88. The van der Waals surface area contributed by atoms with Gasteiger partial charge in [-0.1, -0.05) is 13.8 Å². The lowest BCUT2D eigenvalue weighted by molar-refractivity contribution is -0.174. The van der Waals surface area contributed by atoms with Gasteiger partial charge < -0.3 is 4.74 Å². The molecule has 0 amide bonds. The Morgan fingerprint density at radius 3 is 2.45 bits per heavy atom. The predicted molar refractivity (Wildman–Crippen MR) is 72.0 cm³/mol. The molecule has 1 rings (SSSR count). The van der Waals surface area contributed by atoms with Gasteiger partial charge in [-0.2, -0.15) is 18.3 Å². The molecule has 7 heteroatoms. The van der Waals surface area contributed by atoms with Gasteiger partial charge in [0.1, 0.15) is 6.61 Å². The van der Waals surface area contributed by atoms with Crippen LogP contribution in [-0.2, 0) is 30.0 Å². The first-order chi connectivity index (χ1) is 9.42. The van der Waals surface area contributed by atoms with Crippen LogP contribution in [0, 0.1) is 0 Å². The molecule has 0 fully saturated rings. The maximum atomic E-state index is 11.9. The zero-order chi connectivity index (χ0) is 15.2. The summed E-state index contributed by atoms with van der Waals surface area (Å²) in [5.41, 5.74) is 3.08. The van der Waals surface area contributed by atoms with Gasteiger partial charge in [0, 0.05) is 24.4 Å². The first kappa shape index (κ1) is 17.3. The van der Waals surface area contributed by atoms with Gasteiger partial charge in [0.25, 0.3) is 0 Å². The van der Waals surface area contributed by atoms with Crippen molar-refractivity contribution in [1.82, 2.24) is 9.78 Å². The van der Waals surface area contributed by atoms with Gasteiger partial charge in [-0.15, -0.1) is 11.6 Å². The number of hydrogen-bond acceptors (Lipinski definition) is 2. The van der Waals surface area contributed by atoms with Crippen LogP contribution in [0.15, 0.2) is 0 Å². The van der Waals surface area contributed by atoms with Crippen molar-refractivity contribution in [2.45, 2.75) is 51.7 Å². The van der Waals surface area contributed by atoms with E-state index >= 15 is 0 Å². The molecule has 0 saturated carbocycles. The molecule has 1 aromatic heterocycles. The quantitative estimate of drug-likeness (QED) is 0.540. The molecule has 0 bridgehead atoms. The summed E-state index contributed by atoms with van der Waals surface area (Å²) in [7, 11) is 0. The summed E-state index contributed by atoms with van der Waals surface area (Å²) in [5, 5.41) is 4.47. The van der Waals surface area contributed by atoms with Crippen molar-refractivity contribution in [3.05, 3.63) is 17.0 Å². The van der Waals surface area contributed by atoms with Crippen LogP contribution >= 0.6 is 11.6 Å². The standard InChI is InChI=1S/C13H20ClF3N2O/c1-3-11-10(8-14)12(4-2)19(18-11)6-5-7-20-9-13(15,16)17/h3-9H2,1-2H3. The maximum Gasteiger partial charge on any atom is 0.411 e. The number of halogens is 4. The highest BCUT2D eigenvalue weighted by atomic mass is 35.5. The van der Waals surface area contributed by atoms with Crippen molar-refractivity contribution in [2.75, 3.05) is 13.2 Å². The molecule has 0 N–H and O–H groups in total. The number of nitrogens with zero attached hydrogens (tertiary/aromatic N) is 2. The van der Waals surface area contributed by atoms with Gasteiger partial charge >= 0.3 is 6.18 Å². The largest absolute Gasteiger partial charge is 0.411 e. The van der Waals surface area contributed by atoms with E-state index in [1.165, 1.54) is 0 Å². The lowest BCUT2D eigenvalue weighted by Crippen LogP contribution is -2.18. The second-order valence-corrected chi connectivity index (χ2v) is 4.72. The van der Waals surface area contributed by atoms with E-state index in [4.69, 9.17) is 11.6 Å². The summed E-state index contributed by atoms with van der Waals surface area (Å²) in [6.07, 6.45) is -2.16. The molecule has 0 aliphatic heterocycles. The first-order valence-electron chi connectivity index (χ1n) is 6.70. The number of aryl methyl sites for hydroxylation is 2. The third kappa shape index (κ3) is 4.98. The molecule has 0 atom stereocenters. The van der Waals surface area contributed by atoms with E-state index in [1.54, 1.807) is 0 Å². The Morgan fingerprint density at radius 2 is 1.95 bits per heavy atom. The number of rotatable bonds is 8. The SMILES string of the molecule is CCc1nn(CCCOCC(F)(F)F)c(CC)c1CCl. The van der Waals surface area contributed by atoms with E-state index in [-0.39, 0.29) is 6.61 Å². The summed E-state index contributed by atoms with van der Waals surface area (Å²) >= 11 is 5.94. The molecule has 0 aliphatic rings. The average molecular weight is 313 g/mol. The Morgan fingerprint density at radius 1 is 1.25 bits per heavy atom. The Kier molecular flexibility index (Phi) is 6.82. The van der Waals surface area contributed by atoms with E-state index < -0.39 is 12.8 Å². The molecule has 0 aromatic carbocycles. The number of aromatic nitrogens is 2. The lowest BCUT2D eigenvalue weighted by atomic mass is 10.1.